The maximum Gasteiger partial charge on any atom is 0.341 e. The molecule has 2 aliphatic rings. The molecule has 2 aromatic rings. The zero-order valence-electron chi connectivity index (χ0n) is 23.8. The largest absolute Gasteiger partial charge is 0.477 e. The van der Waals surface area contributed by atoms with Gasteiger partial charge in [0.05, 0.1) is 11.2 Å². The number of carbonyl (C=O) groups is 1. The number of halogens is 1. The van der Waals surface area contributed by atoms with Crippen molar-refractivity contribution in [3.63, 3.8) is 0 Å². The number of hydrogen-bond acceptors (Lipinski definition) is 4. The molecule has 0 spiro atoms. The second kappa shape index (κ2) is 12.8. The number of carboxylic acids is 1. The van der Waals surface area contributed by atoms with Gasteiger partial charge in [0, 0.05) is 50.3 Å². The number of carboxylic acid groups (broad SMARTS) is 1. The number of rotatable bonds is 11. The van der Waals surface area contributed by atoms with Gasteiger partial charge in [-0.2, -0.15) is 0 Å². The molecule has 210 valence electrons. The van der Waals surface area contributed by atoms with Gasteiger partial charge in [0.15, 0.2) is 0 Å². The third-order valence-electron chi connectivity index (χ3n) is 7.81. The predicted molar refractivity (Wildman–Crippen MR) is 157 cm³/mol. The summed E-state index contributed by atoms with van der Waals surface area (Å²) in [4.78, 5) is 28.8. The Kier molecular flexibility index (Phi) is 9.44. The highest BCUT2D eigenvalue weighted by atomic mass is 19.1. The number of pyridine rings is 1. The lowest BCUT2D eigenvalue weighted by Gasteiger charge is -2.36. The lowest BCUT2D eigenvalue weighted by molar-refractivity contribution is 0.0695. The van der Waals surface area contributed by atoms with E-state index in [0.29, 0.717) is 24.3 Å². The molecular formula is C32H42FN3O3. The van der Waals surface area contributed by atoms with E-state index in [-0.39, 0.29) is 17.0 Å². The molecule has 1 aliphatic carbocycles. The van der Waals surface area contributed by atoms with Crippen LogP contribution < -0.4 is 10.3 Å². The smallest absolute Gasteiger partial charge is 0.341 e. The van der Waals surface area contributed by atoms with Crippen LogP contribution in [-0.2, 0) is 0 Å². The van der Waals surface area contributed by atoms with Crippen molar-refractivity contribution >= 4 is 22.6 Å². The third kappa shape index (κ3) is 7.47. The predicted octanol–water partition coefficient (Wildman–Crippen LogP) is 6.71. The van der Waals surface area contributed by atoms with Crippen LogP contribution in [0.3, 0.4) is 0 Å². The lowest BCUT2D eigenvalue weighted by atomic mass is 10.1. The van der Waals surface area contributed by atoms with Gasteiger partial charge in [0.25, 0.3) is 0 Å². The minimum absolute atomic E-state index is 0.139. The van der Waals surface area contributed by atoms with Crippen LogP contribution in [0.5, 0.6) is 0 Å². The van der Waals surface area contributed by atoms with Gasteiger partial charge in [0.1, 0.15) is 11.4 Å². The first-order valence-corrected chi connectivity index (χ1v) is 14.2. The van der Waals surface area contributed by atoms with Crippen molar-refractivity contribution < 1.29 is 14.3 Å². The Balaban J connectivity index is 1.35. The first-order valence-electron chi connectivity index (χ1n) is 14.2. The van der Waals surface area contributed by atoms with E-state index >= 15 is 4.39 Å². The first kappa shape index (κ1) is 28.8. The average molecular weight is 536 g/mol. The van der Waals surface area contributed by atoms with Gasteiger partial charge < -0.3 is 14.6 Å². The molecule has 0 bridgehead atoms. The number of allylic oxidation sites excluding steroid dienone is 5. The number of aromatic carboxylic acids is 1. The van der Waals surface area contributed by atoms with Crippen molar-refractivity contribution in [2.75, 3.05) is 37.6 Å². The molecule has 0 unspecified atom stereocenters. The van der Waals surface area contributed by atoms with Gasteiger partial charge in [-0.1, -0.05) is 34.9 Å². The van der Waals surface area contributed by atoms with Gasteiger partial charge >= 0.3 is 5.97 Å². The molecule has 7 heteroatoms. The van der Waals surface area contributed by atoms with E-state index in [0.717, 1.165) is 58.2 Å². The van der Waals surface area contributed by atoms with Crippen molar-refractivity contribution in [2.45, 2.75) is 72.3 Å². The van der Waals surface area contributed by atoms with Crippen LogP contribution in [0.25, 0.3) is 10.9 Å². The van der Waals surface area contributed by atoms with Crippen LogP contribution in [0.2, 0.25) is 0 Å². The van der Waals surface area contributed by atoms with Crippen LogP contribution in [0.4, 0.5) is 10.1 Å². The van der Waals surface area contributed by atoms with Gasteiger partial charge in [0.2, 0.25) is 5.43 Å². The Morgan fingerprint density at radius 1 is 0.974 bits per heavy atom. The minimum Gasteiger partial charge on any atom is -0.477 e. The number of benzene rings is 1. The summed E-state index contributed by atoms with van der Waals surface area (Å²) in [5, 5.41) is 9.60. The number of fused-ring (bicyclic) bond motifs is 1. The first-order chi connectivity index (χ1) is 18.6. The van der Waals surface area contributed by atoms with Crippen molar-refractivity contribution in [1.29, 1.82) is 0 Å². The second-order valence-electron chi connectivity index (χ2n) is 11.4. The maximum absolute atomic E-state index is 15.2. The molecule has 1 N–H and O–H groups in total. The second-order valence-corrected chi connectivity index (χ2v) is 11.4. The molecule has 2 heterocycles. The van der Waals surface area contributed by atoms with E-state index < -0.39 is 17.2 Å². The van der Waals surface area contributed by atoms with Crippen LogP contribution in [0.15, 0.2) is 58.1 Å². The number of aromatic nitrogens is 1. The van der Waals surface area contributed by atoms with Crippen LogP contribution in [-0.4, -0.2) is 53.3 Å². The normalized spacial score (nSPS) is 17.1. The van der Waals surface area contributed by atoms with E-state index in [4.69, 9.17) is 0 Å². The summed E-state index contributed by atoms with van der Waals surface area (Å²) in [5.41, 5.74) is 4.40. The Morgan fingerprint density at radius 3 is 2.23 bits per heavy atom. The fraction of sp³-hybridized carbons (Fsp3) is 0.500. The summed E-state index contributed by atoms with van der Waals surface area (Å²) >= 11 is 0. The maximum atomic E-state index is 15.2. The lowest BCUT2D eigenvalue weighted by Crippen LogP contribution is -2.46. The molecule has 6 nitrogen and oxygen atoms in total. The third-order valence-corrected chi connectivity index (χ3v) is 7.81. The fourth-order valence-electron chi connectivity index (χ4n) is 5.20. The number of piperazine rings is 1. The Hall–Kier alpha value is -3.19. The van der Waals surface area contributed by atoms with Crippen molar-refractivity contribution in [3.8, 4) is 0 Å². The highest BCUT2D eigenvalue weighted by Gasteiger charge is 2.28. The molecule has 2 fully saturated rings. The molecule has 39 heavy (non-hydrogen) atoms. The van der Waals surface area contributed by atoms with Crippen LogP contribution in [0, 0.1) is 5.82 Å². The Labute approximate surface area is 231 Å². The molecule has 1 saturated carbocycles. The molecule has 1 aromatic heterocycles. The minimum atomic E-state index is -1.28. The van der Waals surface area contributed by atoms with E-state index in [2.05, 4.69) is 50.8 Å². The molecule has 1 aromatic carbocycles. The van der Waals surface area contributed by atoms with Crippen LogP contribution in [0.1, 0.15) is 82.6 Å². The van der Waals surface area contributed by atoms with Crippen LogP contribution >= 0.6 is 0 Å². The molecule has 1 saturated heterocycles. The van der Waals surface area contributed by atoms with Crippen molar-refractivity contribution in [1.82, 2.24) is 9.47 Å². The SMILES string of the molecule is CC(C)=CCC/C(C)=C/CC/C(C)=C/CN1CCN(c2cc3c(cc2F)c(=O)c(C(=O)O)cn3C2CC2)CC1. The summed E-state index contributed by atoms with van der Waals surface area (Å²) in [5.74, 6) is -1.75. The van der Waals surface area contributed by atoms with Gasteiger partial charge in [-0.05, 0) is 78.4 Å². The summed E-state index contributed by atoms with van der Waals surface area (Å²) in [7, 11) is 0. The monoisotopic (exact) mass is 535 g/mol. The number of hydrogen-bond donors (Lipinski definition) is 1. The topological polar surface area (TPSA) is 65.8 Å². The highest BCUT2D eigenvalue weighted by Crippen LogP contribution is 2.38. The van der Waals surface area contributed by atoms with Gasteiger partial charge in [-0.15, -0.1) is 0 Å². The molecular weight excluding hydrogens is 493 g/mol. The Morgan fingerprint density at radius 2 is 1.62 bits per heavy atom. The number of nitrogens with zero attached hydrogens (tertiary/aromatic N) is 3. The average Bonchev–Trinajstić information content (AvgIpc) is 3.73. The van der Waals surface area contributed by atoms with E-state index in [1.165, 1.54) is 29.0 Å². The molecule has 4 rings (SSSR count). The van der Waals surface area contributed by atoms with E-state index in [1.54, 1.807) is 6.07 Å². The zero-order valence-corrected chi connectivity index (χ0v) is 23.8. The quantitative estimate of drug-likeness (QED) is 0.324. The summed E-state index contributed by atoms with van der Waals surface area (Å²) < 4.78 is 17.1. The molecule has 0 radical (unpaired) electrons. The zero-order chi connectivity index (χ0) is 28.1. The van der Waals surface area contributed by atoms with Crippen molar-refractivity contribution in [3.05, 3.63) is 74.9 Å². The fourth-order valence-corrected chi connectivity index (χ4v) is 5.20. The van der Waals surface area contributed by atoms with E-state index in [1.807, 2.05) is 9.47 Å². The van der Waals surface area contributed by atoms with E-state index in [9.17, 15) is 14.7 Å². The summed E-state index contributed by atoms with van der Waals surface area (Å²) in [6.07, 6.45) is 14.6. The summed E-state index contributed by atoms with van der Waals surface area (Å²) in [6, 6.07) is 3.14. The standard InChI is InChI=1S/C32H42FN3O3/c1-22(2)7-5-8-23(3)9-6-10-24(4)13-14-34-15-17-35(18-16-34)30-20-29-26(19-28(30)33)31(37)27(32(38)39)21-36(29)25-11-12-25/h7,9,13,19-21,25H,5-6,8,10-12,14-18H2,1-4H3,(H,38,39)/b23-9+,24-13+. The molecule has 0 amide bonds. The number of anilines is 1. The van der Waals surface area contributed by atoms with Gasteiger partial charge in [-0.25, -0.2) is 9.18 Å². The molecule has 1 aliphatic heterocycles. The van der Waals surface area contributed by atoms with Gasteiger partial charge in [-0.3, -0.25) is 9.69 Å². The summed E-state index contributed by atoms with van der Waals surface area (Å²) in [6.45, 7) is 12.6. The Bertz CT molecular complexity index is 1350. The molecule has 0 atom stereocenters. The van der Waals surface area contributed by atoms with Crippen molar-refractivity contribution in [2.24, 2.45) is 0 Å². The highest BCUT2D eigenvalue weighted by molar-refractivity contribution is 5.93.